The fourth-order valence-corrected chi connectivity index (χ4v) is 2.82. The maximum Gasteiger partial charge on any atom is 0.242 e. The van der Waals surface area contributed by atoms with E-state index in [0.717, 1.165) is 6.07 Å². The molecule has 0 radical (unpaired) electrons. The molecule has 0 atom stereocenters. The first-order valence-corrected chi connectivity index (χ1v) is 8.07. The number of para-hydroxylation sites is 1. The van der Waals surface area contributed by atoms with Crippen LogP contribution in [0.4, 0.5) is 10.1 Å². The standard InChI is InChI=1S/C13H21FN2O4S/c1-19-9-10-20-8-3-2-7-16-21(17,18)12-6-4-5-11(14)13(12)15/h4-6,16H,2-3,7-10,15H2,1H3. The van der Waals surface area contributed by atoms with Crippen LogP contribution in [0.25, 0.3) is 0 Å². The molecule has 0 aliphatic carbocycles. The zero-order valence-electron chi connectivity index (χ0n) is 12.0. The van der Waals surface area contributed by atoms with Gasteiger partial charge in [0.05, 0.1) is 18.9 Å². The van der Waals surface area contributed by atoms with Gasteiger partial charge in [-0.05, 0) is 25.0 Å². The number of unbranched alkanes of at least 4 members (excludes halogenated alkanes) is 1. The highest BCUT2D eigenvalue weighted by Crippen LogP contribution is 2.20. The minimum Gasteiger partial charge on any atom is -0.395 e. The third-order valence-corrected chi connectivity index (χ3v) is 4.26. The number of ether oxygens (including phenoxy) is 2. The van der Waals surface area contributed by atoms with E-state index >= 15 is 0 Å². The molecule has 0 heterocycles. The molecule has 0 amide bonds. The number of halogens is 1. The lowest BCUT2D eigenvalue weighted by Crippen LogP contribution is -2.26. The van der Waals surface area contributed by atoms with Crippen molar-refractivity contribution in [1.82, 2.24) is 4.72 Å². The van der Waals surface area contributed by atoms with Crippen molar-refractivity contribution in [3.63, 3.8) is 0 Å². The van der Waals surface area contributed by atoms with Crippen LogP contribution in [0.5, 0.6) is 0 Å². The molecule has 1 rings (SSSR count). The van der Waals surface area contributed by atoms with Crippen LogP contribution in [-0.4, -0.2) is 41.9 Å². The average molecular weight is 320 g/mol. The number of hydrogen-bond donors (Lipinski definition) is 2. The predicted molar refractivity (Wildman–Crippen MR) is 77.9 cm³/mol. The molecule has 0 aromatic heterocycles. The smallest absolute Gasteiger partial charge is 0.242 e. The van der Waals surface area contributed by atoms with E-state index in [1.165, 1.54) is 12.1 Å². The first kappa shape index (κ1) is 17.8. The molecule has 0 bridgehead atoms. The molecular weight excluding hydrogens is 299 g/mol. The van der Waals surface area contributed by atoms with Crippen LogP contribution in [0, 0.1) is 5.82 Å². The molecule has 0 saturated heterocycles. The summed E-state index contributed by atoms with van der Waals surface area (Å²) in [6, 6.07) is 3.70. The van der Waals surface area contributed by atoms with Gasteiger partial charge in [0.25, 0.3) is 0 Å². The monoisotopic (exact) mass is 320 g/mol. The van der Waals surface area contributed by atoms with E-state index in [1.807, 2.05) is 0 Å². The Labute approximate surface area is 124 Å². The van der Waals surface area contributed by atoms with Gasteiger partial charge >= 0.3 is 0 Å². The minimum absolute atomic E-state index is 0.237. The Hall–Kier alpha value is -1.22. The van der Waals surface area contributed by atoms with Crippen molar-refractivity contribution in [2.45, 2.75) is 17.7 Å². The van der Waals surface area contributed by atoms with Gasteiger partial charge in [-0.2, -0.15) is 0 Å². The van der Waals surface area contributed by atoms with E-state index in [1.54, 1.807) is 7.11 Å². The molecule has 1 aromatic carbocycles. The van der Waals surface area contributed by atoms with E-state index in [-0.39, 0.29) is 17.1 Å². The van der Waals surface area contributed by atoms with Crippen molar-refractivity contribution in [2.75, 3.05) is 39.2 Å². The van der Waals surface area contributed by atoms with Crippen LogP contribution < -0.4 is 10.5 Å². The summed E-state index contributed by atoms with van der Waals surface area (Å²) in [6.07, 6.45) is 1.33. The summed E-state index contributed by atoms with van der Waals surface area (Å²) in [5.74, 6) is -0.746. The lowest BCUT2D eigenvalue weighted by molar-refractivity contribution is 0.0689. The van der Waals surface area contributed by atoms with E-state index in [4.69, 9.17) is 15.2 Å². The second-order valence-electron chi connectivity index (χ2n) is 4.36. The predicted octanol–water partition coefficient (Wildman–Crippen LogP) is 1.13. The van der Waals surface area contributed by atoms with Crippen molar-refractivity contribution in [3.8, 4) is 0 Å². The van der Waals surface area contributed by atoms with Crippen LogP contribution in [0.1, 0.15) is 12.8 Å². The maximum atomic E-state index is 13.3. The fourth-order valence-electron chi connectivity index (χ4n) is 1.61. The van der Waals surface area contributed by atoms with E-state index < -0.39 is 15.8 Å². The molecule has 120 valence electrons. The Morgan fingerprint density at radius 1 is 1.24 bits per heavy atom. The fraction of sp³-hybridized carbons (Fsp3) is 0.538. The van der Waals surface area contributed by atoms with E-state index in [0.29, 0.717) is 32.7 Å². The molecule has 0 fully saturated rings. The molecule has 21 heavy (non-hydrogen) atoms. The Morgan fingerprint density at radius 2 is 2.00 bits per heavy atom. The number of anilines is 1. The van der Waals surface area contributed by atoms with Gasteiger partial charge in [-0.1, -0.05) is 6.07 Å². The highest BCUT2D eigenvalue weighted by Gasteiger charge is 2.18. The molecule has 0 unspecified atom stereocenters. The molecular formula is C13H21FN2O4S. The third kappa shape index (κ3) is 5.96. The minimum atomic E-state index is -3.79. The second kappa shape index (κ2) is 8.93. The van der Waals surface area contributed by atoms with Gasteiger partial charge in [-0.25, -0.2) is 17.5 Å². The van der Waals surface area contributed by atoms with Crippen molar-refractivity contribution in [3.05, 3.63) is 24.0 Å². The van der Waals surface area contributed by atoms with Crippen molar-refractivity contribution in [1.29, 1.82) is 0 Å². The van der Waals surface area contributed by atoms with Gasteiger partial charge in [0.15, 0.2) is 0 Å². The second-order valence-corrected chi connectivity index (χ2v) is 6.10. The van der Waals surface area contributed by atoms with Gasteiger partial charge in [0.1, 0.15) is 10.7 Å². The zero-order chi connectivity index (χ0) is 15.7. The highest BCUT2D eigenvalue weighted by atomic mass is 32.2. The molecule has 0 aliphatic rings. The van der Waals surface area contributed by atoms with E-state index in [2.05, 4.69) is 4.72 Å². The number of nitrogen functional groups attached to an aromatic ring is 1. The first-order valence-electron chi connectivity index (χ1n) is 6.59. The first-order chi connectivity index (χ1) is 9.99. The summed E-state index contributed by atoms with van der Waals surface area (Å²) < 4.78 is 49.7. The zero-order valence-corrected chi connectivity index (χ0v) is 12.8. The Balaban J connectivity index is 2.35. The van der Waals surface area contributed by atoms with Gasteiger partial charge in [-0.3, -0.25) is 0 Å². The number of rotatable bonds is 10. The van der Waals surface area contributed by atoms with Gasteiger partial charge < -0.3 is 15.2 Å². The summed E-state index contributed by atoms with van der Waals surface area (Å²) in [5.41, 5.74) is 5.07. The normalized spacial score (nSPS) is 11.7. The largest absolute Gasteiger partial charge is 0.395 e. The van der Waals surface area contributed by atoms with Gasteiger partial charge in [-0.15, -0.1) is 0 Å². The number of hydrogen-bond acceptors (Lipinski definition) is 5. The van der Waals surface area contributed by atoms with Crippen LogP contribution >= 0.6 is 0 Å². The number of sulfonamides is 1. The number of benzene rings is 1. The molecule has 8 heteroatoms. The highest BCUT2D eigenvalue weighted by molar-refractivity contribution is 7.89. The van der Waals surface area contributed by atoms with Crippen LogP contribution in [0.3, 0.4) is 0 Å². The summed E-state index contributed by atoms with van der Waals surface area (Å²) in [6.45, 7) is 1.83. The lowest BCUT2D eigenvalue weighted by atomic mass is 10.3. The van der Waals surface area contributed by atoms with Crippen molar-refractivity contribution in [2.24, 2.45) is 0 Å². The molecule has 0 spiro atoms. The van der Waals surface area contributed by atoms with Crippen LogP contribution in [-0.2, 0) is 19.5 Å². The Morgan fingerprint density at radius 3 is 2.71 bits per heavy atom. The average Bonchev–Trinajstić information content (AvgIpc) is 2.44. The number of nitrogens with one attached hydrogen (secondary N) is 1. The molecule has 0 saturated carbocycles. The van der Waals surface area contributed by atoms with Crippen molar-refractivity contribution < 1.29 is 22.3 Å². The van der Waals surface area contributed by atoms with Crippen LogP contribution in [0.15, 0.2) is 23.1 Å². The van der Waals surface area contributed by atoms with Crippen LogP contribution in [0.2, 0.25) is 0 Å². The van der Waals surface area contributed by atoms with Gasteiger partial charge in [0.2, 0.25) is 10.0 Å². The summed E-state index contributed by atoms with van der Waals surface area (Å²) >= 11 is 0. The Bertz CT molecular complexity index is 537. The molecule has 0 aliphatic heterocycles. The van der Waals surface area contributed by atoms with Gasteiger partial charge in [0, 0.05) is 20.3 Å². The van der Waals surface area contributed by atoms with Crippen molar-refractivity contribution >= 4 is 15.7 Å². The lowest BCUT2D eigenvalue weighted by Gasteiger charge is -2.09. The quantitative estimate of drug-likeness (QED) is 0.498. The third-order valence-electron chi connectivity index (χ3n) is 2.74. The summed E-state index contributed by atoms with van der Waals surface area (Å²) in [4.78, 5) is -0.237. The molecule has 3 N–H and O–H groups in total. The molecule has 1 aromatic rings. The number of nitrogens with two attached hydrogens (primary N) is 1. The topological polar surface area (TPSA) is 90.6 Å². The number of methoxy groups -OCH3 is 1. The maximum absolute atomic E-state index is 13.3. The summed E-state index contributed by atoms with van der Waals surface area (Å²) in [7, 11) is -2.20. The SMILES string of the molecule is COCCOCCCCNS(=O)(=O)c1cccc(F)c1N. The van der Waals surface area contributed by atoms with E-state index in [9.17, 15) is 12.8 Å². The Kier molecular flexibility index (Phi) is 7.58. The molecule has 6 nitrogen and oxygen atoms in total. The summed E-state index contributed by atoms with van der Waals surface area (Å²) in [5, 5.41) is 0.